The van der Waals surface area contributed by atoms with Crippen LogP contribution in [0.15, 0.2) is 42.5 Å². The maximum atomic E-state index is 12.2. The lowest BCUT2D eigenvalue weighted by Gasteiger charge is -2.18. The van der Waals surface area contributed by atoms with Crippen LogP contribution in [0.2, 0.25) is 0 Å². The number of hydrogen-bond donors (Lipinski definition) is 1. The highest BCUT2D eigenvalue weighted by molar-refractivity contribution is 7.92. The molecule has 1 amide bonds. The third kappa shape index (κ3) is 6.67. The first kappa shape index (κ1) is 22.5. The Kier molecular flexibility index (Phi) is 7.50. The van der Waals surface area contributed by atoms with Crippen LogP contribution in [0.4, 0.5) is 5.69 Å². The number of nitrogens with zero attached hydrogens (tertiary/aromatic N) is 1. The highest BCUT2D eigenvalue weighted by atomic mass is 32.2. The van der Waals surface area contributed by atoms with Crippen LogP contribution in [-0.4, -0.2) is 46.9 Å². The molecule has 0 heterocycles. The van der Waals surface area contributed by atoms with E-state index in [9.17, 15) is 13.2 Å². The zero-order valence-corrected chi connectivity index (χ0v) is 18.2. The average Bonchev–Trinajstić information content (AvgIpc) is 2.67. The molecule has 7 nitrogen and oxygen atoms in total. The Morgan fingerprint density at radius 3 is 2.28 bits per heavy atom. The Morgan fingerprint density at radius 2 is 1.69 bits per heavy atom. The van der Waals surface area contributed by atoms with E-state index in [0.29, 0.717) is 24.6 Å². The summed E-state index contributed by atoms with van der Waals surface area (Å²) < 4.78 is 35.6. The maximum absolute atomic E-state index is 12.2. The van der Waals surface area contributed by atoms with Gasteiger partial charge in [0.2, 0.25) is 10.0 Å². The number of ether oxygens (including phenoxy) is 2. The van der Waals surface area contributed by atoms with Crippen LogP contribution in [0.1, 0.15) is 18.1 Å². The summed E-state index contributed by atoms with van der Waals surface area (Å²) in [5.74, 6) is 0.987. The molecule has 0 aliphatic rings. The molecular weight excluding hydrogens is 392 g/mol. The van der Waals surface area contributed by atoms with Crippen molar-refractivity contribution in [2.45, 2.75) is 26.9 Å². The fraction of sp³-hybridized carbons (Fsp3) is 0.381. The van der Waals surface area contributed by atoms with E-state index in [2.05, 4.69) is 5.32 Å². The molecule has 0 fully saturated rings. The minimum absolute atomic E-state index is 0.258. The third-order valence-electron chi connectivity index (χ3n) is 4.53. The van der Waals surface area contributed by atoms with E-state index in [0.717, 1.165) is 17.6 Å². The van der Waals surface area contributed by atoms with Gasteiger partial charge in [-0.2, -0.15) is 0 Å². The van der Waals surface area contributed by atoms with Gasteiger partial charge in [-0.1, -0.05) is 6.07 Å². The normalized spacial score (nSPS) is 12.2. The van der Waals surface area contributed by atoms with Gasteiger partial charge in [0, 0.05) is 7.05 Å². The van der Waals surface area contributed by atoms with Crippen molar-refractivity contribution in [2.24, 2.45) is 0 Å². The number of sulfonamides is 1. The zero-order valence-electron chi connectivity index (χ0n) is 17.4. The van der Waals surface area contributed by atoms with Crippen molar-refractivity contribution in [3.8, 4) is 11.5 Å². The van der Waals surface area contributed by atoms with E-state index in [-0.39, 0.29) is 5.91 Å². The second kappa shape index (κ2) is 9.65. The Bertz CT molecular complexity index is 942. The average molecular weight is 421 g/mol. The lowest BCUT2D eigenvalue weighted by atomic mass is 10.1. The van der Waals surface area contributed by atoms with Gasteiger partial charge in [-0.05, 0) is 68.3 Å². The second-order valence-corrected chi connectivity index (χ2v) is 8.88. The molecule has 158 valence electrons. The Labute approximate surface area is 172 Å². The summed E-state index contributed by atoms with van der Waals surface area (Å²) in [4.78, 5) is 12.2. The van der Waals surface area contributed by atoms with E-state index in [1.54, 1.807) is 31.2 Å². The molecule has 1 atom stereocenters. The van der Waals surface area contributed by atoms with Crippen molar-refractivity contribution in [3.63, 3.8) is 0 Å². The van der Waals surface area contributed by atoms with Crippen LogP contribution in [0.5, 0.6) is 11.5 Å². The molecule has 0 saturated heterocycles. The van der Waals surface area contributed by atoms with Crippen LogP contribution >= 0.6 is 0 Å². The summed E-state index contributed by atoms with van der Waals surface area (Å²) >= 11 is 0. The topological polar surface area (TPSA) is 84.9 Å². The minimum atomic E-state index is -3.33. The molecule has 2 rings (SSSR count). The molecule has 8 heteroatoms. The molecule has 1 unspecified atom stereocenters. The molecule has 0 aliphatic heterocycles. The fourth-order valence-corrected chi connectivity index (χ4v) is 2.98. The van der Waals surface area contributed by atoms with Gasteiger partial charge in [-0.25, -0.2) is 8.42 Å². The molecule has 0 spiro atoms. The number of amides is 1. The van der Waals surface area contributed by atoms with Gasteiger partial charge in [-0.15, -0.1) is 0 Å². The first-order valence-corrected chi connectivity index (χ1v) is 11.1. The van der Waals surface area contributed by atoms with Crippen molar-refractivity contribution in [1.82, 2.24) is 5.32 Å². The second-order valence-electron chi connectivity index (χ2n) is 6.87. The predicted octanol–water partition coefficient (Wildman–Crippen LogP) is 2.66. The number of carbonyl (C=O) groups is 1. The molecule has 0 aliphatic carbocycles. The number of rotatable bonds is 9. The molecule has 2 aromatic carbocycles. The van der Waals surface area contributed by atoms with Crippen molar-refractivity contribution in [1.29, 1.82) is 0 Å². The highest BCUT2D eigenvalue weighted by Crippen LogP contribution is 2.21. The molecule has 0 radical (unpaired) electrons. The van der Waals surface area contributed by atoms with Gasteiger partial charge in [0.1, 0.15) is 18.1 Å². The fourth-order valence-electron chi connectivity index (χ4n) is 2.47. The molecule has 0 bridgehead atoms. The predicted molar refractivity (Wildman–Crippen MR) is 114 cm³/mol. The van der Waals surface area contributed by atoms with Crippen molar-refractivity contribution in [2.75, 3.05) is 30.8 Å². The zero-order chi connectivity index (χ0) is 21.6. The van der Waals surface area contributed by atoms with Gasteiger partial charge in [0.15, 0.2) is 6.10 Å². The summed E-state index contributed by atoms with van der Waals surface area (Å²) in [7, 11) is -1.85. The quantitative estimate of drug-likeness (QED) is 0.631. The van der Waals surface area contributed by atoms with Crippen LogP contribution in [-0.2, 0) is 14.8 Å². The maximum Gasteiger partial charge on any atom is 0.260 e. The van der Waals surface area contributed by atoms with E-state index in [1.807, 2.05) is 32.0 Å². The molecule has 0 saturated carbocycles. The summed E-state index contributed by atoms with van der Waals surface area (Å²) in [6, 6.07) is 12.4. The molecule has 2 aromatic rings. The van der Waals surface area contributed by atoms with E-state index in [4.69, 9.17) is 9.47 Å². The van der Waals surface area contributed by atoms with Crippen LogP contribution in [0.25, 0.3) is 0 Å². The van der Waals surface area contributed by atoms with Gasteiger partial charge in [-0.3, -0.25) is 9.10 Å². The van der Waals surface area contributed by atoms with E-state index in [1.165, 1.54) is 16.9 Å². The number of hydrogen-bond acceptors (Lipinski definition) is 5. The van der Waals surface area contributed by atoms with Crippen molar-refractivity contribution < 1.29 is 22.7 Å². The van der Waals surface area contributed by atoms with Crippen LogP contribution in [0, 0.1) is 13.8 Å². The monoisotopic (exact) mass is 420 g/mol. The lowest BCUT2D eigenvalue weighted by molar-refractivity contribution is -0.127. The van der Waals surface area contributed by atoms with Gasteiger partial charge in [0.05, 0.1) is 18.5 Å². The lowest BCUT2D eigenvalue weighted by Crippen LogP contribution is -2.38. The minimum Gasteiger partial charge on any atom is -0.492 e. The largest absolute Gasteiger partial charge is 0.492 e. The molecule has 29 heavy (non-hydrogen) atoms. The number of aryl methyl sites for hydroxylation is 2. The molecule has 0 aromatic heterocycles. The SMILES string of the molecule is Cc1ccc(OCCNC(=O)C(C)Oc2ccc(N(C)S(C)(=O)=O)cc2)cc1C. The van der Waals surface area contributed by atoms with Crippen LogP contribution < -0.4 is 19.1 Å². The summed E-state index contributed by atoms with van der Waals surface area (Å²) in [6.45, 7) is 6.42. The van der Waals surface area contributed by atoms with E-state index < -0.39 is 16.1 Å². The van der Waals surface area contributed by atoms with Crippen molar-refractivity contribution >= 4 is 21.6 Å². The summed E-state index contributed by atoms with van der Waals surface area (Å²) in [5.41, 5.74) is 2.87. The third-order valence-corrected chi connectivity index (χ3v) is 5.73. The van der Waals surface area contributed by atoms with Gasteiger partial charge in [0.25, 0.3) is 5.91 Å². The summed E-state index contributed by atoms with van der Waals surface area (Å²) in [6.07, 6.45) is 0.433. The summed E-state index contributed by atoms with van der Waals surface area (Å²) in [5, 5.41) is 2.77. The van der Waals surface area contributed by atoms with Gasteiger partial charge >= 0.3 is 0 Å². The smallest absolute Gasteiger partial charge is 0.260 e. The Morgan fingerprint density at radius 1 is 1.07 bits per heavy atom. The number of anilines is 1. The Balaban J connectivity index is 1.79. The molecule has 1 N–H and O–H groups in total. The first-order chi connectivity index (χ1) is 13.6. The standard InChI is InChI=1S/C21H28N2O5S/c1-15-6-9-20(14-16(15)2)27-13-12-22-21(24)17(3)28-19-10-7-18(8-11-19)23(4)29(5,25)26/h6-11,14,17H,12-13H2,1-5H3,(H,22,24). The number of nitrogens with one attached hydrogen (secondary N) is 1. The van der Waals surface area contributed by atoms with Crippen LogP contribution in [0.3, 0.4) is 0 Å². The molecular formula is C21H28N2O5S. The first-order valence-electron chi connectivity index (χ1n) is 9.26. The highest BCUT2D eigenvalue weighted by Gasteiger charge is 2.15. The number of carbonyl (C=O) groups excluding carboxylic acids is 1. The number of benzene rings is 2. The van der Waals surface area contributed by atoms with Gasteiger partial charge < -0.3 is 14.8 Å². The van der Waals surface area contributed by atoms with E-state index >= 15 is 0 Å². The van der Waals surface area contributed by atoms with Crippen molar-refractivity contribution in [3.05, 3.63) is 53.6 Å². The Hall–Kier alpha value is -2.74.